The average Bonchev–Trinajstić information content (AvgIpc) is 3.42. The van der Waals surface area contributed by atoms with Crippen LogP contribution in [0.5, 0.6) is 0 Å². The van der Waals surface area contributed by atoms with Crippen molar-refractivity contribution >= 4 is 11.9 Å². The predicted octanol–water partition coefficient (Wildman–Crippen LogP) is 4.75. The summed E-state index contributed by atoms with van der Waals surface area (Å²) in [5.41, 5.74) is -0.223. The van der Waals surface area contributed by atoms with E-state index in [0.717, 1.165) is 43.9 Å². The number of carboxylic acid groups (broad SMARTS) is 1. The first-order chi connectivity index (χ1) is 12.0. The minimum atomic E-state index is -0.693. The quantitative estimate of drug-likeness (QED) is 0.588. The van der Waals surface area contributed by atoms with Crippen LogP contribution in [0.1, 0.15) is 64.7 Å². The molecule has 0 saturated heterocycles. The molecule has 25 heavy (non-hydrogen) atoms. The minimum Gasteiger partial charge on any atom is -0.481 e. The Morgan fingerprint density at radius 1 is 1.12 bits per heavy atom. The van der Waals surface area contributed by atoms with Gasteiger partial charge in [-0.1, -0.05) is 37.6 Å². The third-order valence-corrected chi connectivity index (χ3v) is 5.78. The molecular weight excluding hydrogens is 316 g/mol. The maximum absolute atomic E-state index is 11.3. The topological polar surface area (TPSA) is 63.6 Å². The van der Waals surface area contributed by atoms with Crippen LogP contribution in [0.15, 0.2) is 24.3 Å². The molecule has 0 heterocycles. The SMILES string of the molecule is C1=CC2CCC1C2.CCCCC(=O)O.COC(=O)C12C=CC(CC1)C2. The third kappa shape index (κ3) is 5.45. The monoisotopic (exact) mass is 348 g/mol. The Labute approximate surface area is 151 Å². The highest BCUT2D eigenvalue weighted by molar-refractivity contribution is 5.80. The van der Waals surface area contributed by atoms with Gasteiger partial charge in [-0.15, -0.1) is 0 Å². The molecule has 0 amide bonds. The fourth-order valence-corrected chi connectivity index (χ4v) is 4.25. The van der Waals surface area contributed by atoms with Crippen LogP contribution in [0.4, 0.5) is 0 Å². The van der Waals surface area contributed by atoms with Gasteiger partial charge < -0.3 is 9.84 Å². The Kier molecular flexibility index (Phi) is 7.27. The molecule has 0 aromatic rings. The van der Waals surface area contributed by atoms with Crippen molar-refractivity contribution in [3.8, 4) is 0 Å². The lowest BCUT2D eigenvalue weighted by molar-refractivity contribution is -0.149. The summed E-state index contributed by atoms with van der Waals surface area (Å²) in [4.78, 5) is 21.1. The fraction of sp³-hybridized carbons (Fsp3) is 0.714. The summed E-state index contributed by atoms with van der Waals surface area (Å²) >= 11 is 0. The summed E-state index contributed by atoms with van der Waals surface area (Å²) in [6.45, 7) is 1.98. The molecule has 4 aliphatic rings. The van der Waals surface area contributed by atoms with Gasteiger partial charge in [-0.3, -0.25) is 9.59 Å². The van der Waals surface area contributed by atoms with Crippen LogP contribution in [-0.4, -0.2) is 24.2 Å². The standard InChI is InChI=1S/C9H12O2.C7H10.C5H10O2/c1-11-8(10)9-4-2-7(6-9)3-5-9;1-2-7-4-3-6(1)5-7;1-2-3-4-5(6)7/h2,4,7H,3,5-6H2,1H3;1-2,6-7H,3-5H2;2-4H2,1H3,(H,6,7). The number of allylic oxidation sites excluding steroid dienone is 3. The summed E-state index contributed by atoms with van der Waals surface area (Å²) in [5, 5.41) is 8.04. The van der Waals surface area contributed by atoms with Crippen LogP contribution >= 0.6 is 0 Å². The van der Waals surface area contributed by atoms with Gasteiger partial charge in [0.15, 0.2) is 0 Å². The van der Waals surface area contributed by atoms with Gasteiger partial charge in [0.05, 0.1) is 12.5 Å². The normalized spacial score (nSPS) is 32.6. The molecule has 1 N–H and O–H groups in total. The average molecular weight is 348 g/mol. The minimum absolute atomic E-state index is 0.0475. The molecule has 4 aliphatic carbocycles. The summed E-state index contributed by atoms with van der Waals surface area (Å²) in [5.74, 6) is 1.89. The van der Waals surface area contributed by atoms with Gasteiger partial charge in [0.25, 0.3) is 0 Å². The van der Waals surface area contributed by atoms with Gasteiger partial charge in [-0.05, 0) is 62.7 Å². The lowest BCUT2D eigenvalue weighted by Crippen LogP contribution is -2.25. The fourth-order valence-electron chi connectivity index (χ4n) is 4.25. The van der Waals surface area contributed by atoms with Gasteiger partial charge in [-0.2, -0.15) is 0 Å². The molecule has 0 aromatic carbocycles. The smallest absolute Gasteiger partial charge is 0.315 e. The molecule has 4 unspecified atom stereocenters. The van der Waals surface area contributed by atoms with Crippen LogP contribution in [0.2, 0.25) is 0 Å². The maximum atomic E-state index is 11.3. The van der Waals surface area contributed by atoms with Crippen molar-refractivity contribution in [1.82, 2.24) is 0 Å². The third-order valence-electron chi connectivity index (χ3n) is 5.78. The van der Waals surface area contributed by atoms with Crippen molar-refractivity contribution in [3.05, 3.63) is 24.3 Å². The molecule has 4 bridgehead atoms. The second kappa shape index (κ2) is 9.21. The highest BCUT2D eigenvalue weighted by Gasteiger charge is 2.47. The number of unbranched alkanes of at least 4 members (excludes halogenated alkanes) is 1. The van der Waals surface area contributed by atoms with E-state index >= 15 is 0 Å². The molecule has 4 rings (SSSR count). The van der Waals surface area contributed by atoms with Gasteiger partial charge in [0.2, 0.25) is 0 Å². The molecule has 2 saturated carbocycles. The van der Waals surface area contributed by atoms with Crippen molar-refractivity contribution in [1.29, 1.82) is 0 Å². The Bertz CT molecular complexity index is 510. The van der Waals surface area contributed by atoms with Gasteiger partial charge in [0.1, 0.15) is 0 Å². The number of carbonyl (C=O) groups excluding carboxylic acids is 1. The number of ether oxygens (including phenoxy) is 1. The summed E-state index contributed by atoms with van der Waals surface area (Å²) < 4.78 is 4.76. The lowest BCUT2D eigenvalue weighted by atomic mass is 9.88. The molecule has 4 nitrogen and oxygen atoms in total. The van der Waals surface area contributed by atoms with E-state index in [0.29, 0.717) is 12.3 Å². The first kappa shape index (κ1) is 19.7. The van der Waals surface area contributed by atoms with Crippen molar-refractivity contribution in [2.24, 2.45) is 23.2 Å². The first-order valence-corrected chi connectivity index (χ1v) is 9.67. The molecule has 4 atom stereocenters. The Balaban J connectivity index is 0.000000142. The van der Waals surface area contributed by atoms with Crippen molar-refractivity contribution < 1.29 is 19.4 Å². The predicted molar refractivity (Wildman–Crippen MR) is 98.1 cm³/mol. The number of methoxy groups -OCH3 is 1. The Hall–Kier alpha value is -1.58. The number of carboxylic acids is 1. The lowest BCUT2D eigenvalue weighted by Gasteiger charge is -2.19. The van der Waals surface area contributed by atoms with E-state index in [1.54, 1.807) is 0 Å². The molecule has 140 valence electrons. The zero-order chi connectivity index (χ0) is 18.3. The molecule has 0 radical (unpaired) electrons. The van der Waals surface area contributed by atoms with Gasteiger partial charge in [-0.25, -0.2) is 0 Å². The van der Waals surface area contributed by atoms with Crippen LogP contribution in [0.25, 0.3) is 0 Å². The second-order valence-corrected chi connectivity index (χ2v) is 7.73. The van der Waals surface area contributed by atoms with Crippen LogP contribution in [0.3, 0.4) is 0 Å². The molecule has 2 fully saturated rings. The van der Waals surface area contributed by atoms with E-state index in [1.165, 1.54) is 26.4 Å². The van der Waals surface area contributed by atoms with Crippen molar-refractivity contribution in [2.75, 3.05) is 7.11 Å². The molecule has 4 heteroatoms. The first-order valence-electron chi connectivity index (χ1n) is 9.67. The number of hydrogen-bond acceptors (Lipinski definition) is 3. The number of hydrogen-bond donors (Lipinski definition) is 1. The summed E-state index contributed by atoms with van der Waals surface area (Å²) in [6.07, 6.45) is 18.6. The van der Waals surface area contributed by atoms with Crippen molar-refractivity contribution in [3.63, 3.8) is 0 Å². The zero-order valence-electron chi connectivity index (χ0n) is 15.6. The van der Waals surface area contributed by atoms with Crippen LogP contribution in [-0.2, 0) is 14.3 Å². The zero-order valence-corrected chi connectivity index (χ0v) is 15.6. The van der Waals surface area contributed by atoms with E-state index in [2.05, 4.69) is 18.2 Å². The van der Waals surface area contributed by atoms with E-state index < -0.39 is 5.97 Å². The Morgan fingerprint density at radius 3 is 2.04 bits per heavy atom. The number of carbonyl (C=O) groups is 2. The number of fused-ring (bicyclic) bond motifs is 4. The largest absolute Gasteiger partial charge is 0.481 e. The molecule has 0 aliphatic heterocycles. The van der Waals surface area contributed by atoms with Gasteiger partial charge >= 0.3 is 11.9 Å². The van der Waals surface area contributed by atoms with E-state index in [9.17, 15) is 9.59 Å². The van der Waals surface area contributed by atoms with Crippen molar-refractivity contribution in [2.45, 2.75) is 64.7 Å². The van der Waals surface area contributed by atoms with E-state index in [1.807, 2.05) is 13.0 Å². The summed E-state index contributed by atoms with van der Waals surface area (Å²) in [6, 6.07) is 0. The maximum Gasteiger partial charge on any atom is 0.315 e. The van der Waals surface area contributed by atoms with Crippen LogP contribution < -0.4 is 0 Å². The molecule has 0 aromatic heterocycles. The Morgan fingerprint density at radius 2 is 1.80 bits per heavy atom. The van der Waals surface area contributed by atoms with Gasteiger partial charge in [0, 0.05) is 6.42 Å². The highest BCUT2D eigenvalue weighted by Crippen LogP contribution is 2.49. The van der Waals surface area contributed by atoms with E-state index in [4.69, 9.17) is 9.84 Å². The summed E-state index contributed by atoms with van der Waals surface area (Å²) in [7, 11) is 1.47. The molecular formula is C21H32O4. The number of rotatable bonds is 4. The highest BCUT2D eigenvalue weighted by atomic mass is 16.5. The second-order valence-electron chi connectivity index (χ2n) is 7.73. The number of esters is 1. The molecule has 0 spiro atoms. The van der Waals surface area contributed by atoms with E-state index in [-0.39, 0.29) is 11.4 Å². The van der Waals surface area contributed by atoms with Crippen LogP contribution in [0, 0.1) is 23.2 Å². The number of aliphatic carboxylic acids is 1.